The Morgan fingerprint density at radius 2 is 2.38 bits per heavy atom. The number of aromatic nitrogens is 2. The summed E-state index contributed by atoms with van der Waals surface area (Å²) in [5, 5.41) is 0.121. The second kappa shape index (κ2) is 4.04. The number of nitrogens with zero attached hydrogens (tertiary/aromatic N) is 2. The van der Waals surface area contributed by atoms with Crippen LogP contribution < -0.4 is 5.73 Å². The normalized spacial score (nSPS) is 9.69. The zero-order valence-corrected chi connectivity index (χ0v) is 7.71. The molecule has 0 aliphatic carbocycles. The van der Waals surface area contributed by atoms with Gasteiger partial charge in [0.25, 0.3) is 0 Å². The van der Waals surface area contributed by atoms with Gasteiger partial charge in [-0.05, 0) is 6.92 Å². The van der Waals surface area contributed by atoms with Crippen LogP contribution in [-0.4, -0.2) is 22.5 Å². The minimum Gasteiger partial charge on any atom is -0.461 e. The number of hydrogen-bond donors (Lipinski definition) is 1. The first-order chi connectivity index (χ1) is 6.13. The van der Waals surface area contributed by atoms with Crippen molar-refractivity contribution < 1.29 is 9.53 Å². The van der Waals surface area contributed by atoms with Gasteiger partial charge in [-0.25, -0.2) is 14.8 Å². The standard InChI is InChI=1S/C7H8ClN3O2/c1-2-13-6(12)4-3-5(8)11-7(9)10-4/h3H,2H2,1H3,(H2,9,10,11). The summed E-state index contributed by atoms with van der Waals surface area (Å²) in [6, 6.07) is 1.30. The highest BCUT2D eigenvalue weighted by Gasteiger charge is 2.10. The maximum Gasteiger partial charge on any atom is 0.357 e. The van der Waals surface area contributed by atoms with Crippen molar-refractivity contribution in [2.75, 3.05) is 12.3 Å². The molecule has 0 unspecified atom stereocenters. The molecule has 1 heterocycles. The molecule has 6 heteroatoms. The van der Waals surface area contributed by atoms with Crippen molar-refractivity contribution >= 4 is 23.5 Å². The molecule has 1 aromatic heterocycles. The van der Waals surface area contributed by atoms with Crippen LogP contribution in [0.15, 0.2) is 6.07 Å². The Morgan fingerprint density at radius 3 is 2.92 bits per heavy atom. The Kier molecular flexibility index (Phi) is 3.02. The molecule has 1 rings (SSSR count). The van der Waals surface area contributed by atoms with Crippen molar-refractivity contribution in [3.05, 3.63) is 16.9 Å². The van der Waals surface area contributed by atoms with E-state index in [9.17, 15) is 4.79 Å². The summed E-state index contributed by atoms with van der Waals surface area (Å²) in [5.74, 6) is -0.603. The van der Waals surface area contributed by atoms with Gasteiger partial charge in [0.2, 0.25) is 5.95 Å². The quantitative estimate of drug-likeness (QED) is 0.568. The minimum atomic E-state index is -0.557. The molecule has 0 saturated heterocycles. The number of nitrogens with two attached hydrogens (primary N) is 1. The molecule has 5 nitrogen and oxygen atoms in total. The van der Waals surface area contributed by atoms with Crippen LogP contribution in [0.1, 0.15) is 17.4 Å². The summed E-state index contributed by atoms with van der Waals surface area (Å²) in [4.78, 5) is 18.4. The predicted octanol–water partition coefficient (Wildman–Crippen LogP) is 0.889. The summed E-state index contributed by atoms with van der Waals surface area (Å²) < 4.78 is 4.69. The van der Waals surface area contributed by atoms with Gasteiger partial charge in [-0.15, -0.1) is 0 Å². The van der Waals surface area contributed by atoms with Gasteiger partial charge in [-0.2, -0.15) is 0 Å². The van der Waals surface area contributed by atoms with Crippen LogP contribution in [-0.2, 0) is 4.74 Å². The average Bonchev–Trinajstić information content (AvgIpc) is 2.03. The largest absolute Gasteiger partial charge is 0.461 e. The average molecular weight is 202 g/mol. The number of carbonyl (C=O) groups excluding carboxylic acids is 1. The molecule has 0 aliphatic rings. The van der Waals surface area contributed by atoms with Gasteiger partial charge in [-0.1, -0.05) is 11.6 Å². The maximum atomic E-state index is 11.1. The van der Waals surface area contributed by atoms with E-state index in [2.05, 4.69) is 9.97 Å². The van der Waals surface area contributed by atoms with Crippen LogP contribution in [0.25, 0.3) is 0 Å². The summed E-state index contributed by atoms with van der Waals surface area (Å²) in [7, 11) is 0. The molecule has 0 bridgehead atoms. The Bertz CT molecular complexity index is 309. The molecule has 0 spiro atoms. The minimum absolute atomic E-state index is 0.0458. The lowest BCUT2D eigenvalue weighted by atomic mass is 10.4. The van der Waals surface area contributed by atoms with Crippen LogP contribution in [0, 0.1) is 0 Å². The third-order valence-corrected chi connectivity index (χ3v) is 1.39. The lowest BCUT2D eigenvalue weighted by Gasteiger charge is -2.01. The van der Waals surface area contributed by atoms with Crippen LogP contribution >= 0.6 is 11.6 Å². The number of rotatable bonds is 2. The van der Waals surface area contributed by atoms with Crippen LogP contribution in [0.2, 0.25) is 5.15 Å². The van der Waals surface area contributed by atoms with E-state index in [1.54, 1.807) is 6.92 Å². The Balaban J connectivity index is 2.94. The first kappa shape index (κ1) is 9.73. The van der Waals surface area contributed by atoms with E-state index in [1.165, 1.54) is 6.07 Å². The third-order valence-electron chi connectivity index (χ3n) is 1.20. The SMILES string of the molecule is CCOC(=O)c1cc(Cl)nc(N)n1. The molecule has 0 aliphatic heterocycles. The van der Waals surface area contributed by atoms with Crippen molar-refractivity contribution in [1.82, 2.24) is 9.97 Å². The second-order valence-electron chi connectivity index (χ2n) is 2.15. The topological polar surface area (TPSA) is 78.1 Å². The first-order valence-corrected chi connectivity index (χ1v) is 3.98. The highest BCUT2D eigenvalue weighted by atomic mass is 35.5. The fourth-order valence-electron chi connectivity index (χ4n) is 0.745. The van der Waals surface area contributed by atoms with Gasteiger partial charge < -0.3 is 10.5 Å². The molecule has 0 radical (unpaired) electrons. The third kappa shape index (κ3) is 2.55. The molecule has 1 aromatic rings. The molecule has 0 saturated carbocycles. The Labute approximate surface area is 79.9 Å². The summed E-state index contributed by atoms with van der Waals surface area (Å²) in [6.45, 7) is 1.98. The monoisotopic (exact) mass is 201 g/mol. The Hall–Kier alpha value is -1.36. The zero-order chi connectivity index (χ0) is 9.84. The molecule has 0 fully saturated rings. The van der Waals surface area contributed by atoms with Crippen molar-refractivity contribution in [3.63, 3.8) is 0 Å². The highest BCUT2D eigenvalue weighted by Crippen LogP contribution is 2.08. The molecular formula is C7H8ClN3O2. The van der Waals surface area contributed by atoms with E-state index < -0.39 is 5.97 Å². The maximum absolute atomic E-state index is 11.1. The smallest absolute Gasteiger partial charge is 0.357 e. The summed E-state index contributed by atoms with van der Waals surface area (Å²) in [6.07, 6.45) is 0. The lowest BCUT2D eigenvalue weighted by molar-refractivity contribution is 0.0519. The number of anilines is 1. The van der Waals surface area contributed by atoms with Gasteiger partial charge in [0.05, 0.1) is 6.61 Å². The van der Waals surface area contributed by atoms with Crippen LogP contribution in [0.3, 0.4) is 0 Å². The van der Waals surface area contributed by atoms with Crippen LogP contribution in [0.5, 0.6) is 0 Å². The van der Waals surface area contributed by atoms with E-state index in [1.807, 2.05) is 0 Å². The summed E-state index contributed by atoms with van der Waals surface area (Å²) >= 11 is 5.56. The van der Waals surface area contributed by atoms with Gasteiger partial charge in [0, 0.05) is 6.07 Å². The molecule has 0 atom stereocenters. The molecular weight excluding hydrogens is 194 g/mol. The van der Waals surface area contributed by atoms with Crippen molar-refractivity contribution in [2.24, 2.45) is 0 Å². The number of esters is 1. The molecule has 0 aromatic carbocycles. The van der Waals surface area contributed by atoms with E-state index in [-0.39, 0.29) is 23.4 Å². The van der Waals surface area contributed by atoms with Crippen molar-refractivity contribution in [3.8, 4) is 0 Å². The second-order valence-corrected chi connectivity index (χ2v) is 2.54. The van der Waals surface area contributed by atoms with E-state index >= 15 is 0 Å². The summed E-state index contributed by atoms with van der Waals surface area (Å²) in [5.41, 5.74) is 5.35. The van der Waals surface area contributed by atoms with Gasteiger partial charge in [0.1, 0.15) is 5.15 Å². The predicted molar refractivity (Wildman–Crippen MR) is 47.4 cm³/mol. The van der Waals surface area contributed by atoms with Gasteiger partial charge >= 0.3 is 5.97 Å². The van der Waals surface area contributed by atoms with Gasteiger partial charge in [0.15, 0.2) is 5.69 Å². The number of halogens is 1. The van der Waals surface area contributed by atoms with Gasteiger partial charge in [-0.3, -0.25) is 0 Å². The van der Waals surface area contributed by atoms with Crippen LogP contribution in [0.4, 0.5) is 5.95 Å². The van der Waals surface area contributed by atoms with Crippen molar-refractivity contribution in [1.29, 1.82) is 0 Å². The molecule has 2 N–H and O–H groups in total. The number of ether oxygens (including phenoxy) is 1. The zero-order valence-electron chi connectivity index (χ0n) is 6.95. The number of nitrogen functional groups attached to an aromatic ring is 1. The lowest BCUT2D eigenvalue weighted by Crippen LogP contribution is -2.09. The fraction of sp³-hybridized carbons (Fsp3) is 0.286. The molecule has 70 valence electrons. The number of carbonyl (C=O) groups is 1. The van der Waals surface area contributed by atoms with Crippen molar-refractivity contribution in [2.45, 2.75) is 6.92 Å². The highest BCUT2D eigenvalue weighted by molar-refractivity contribution is 6.29. The fourth-order valence-corrected chi connectivity index (χ4v) is 0.935. The van der Waals surface area contributed by atoms with E-state index in [0.717, 1.165) is 0 Å². The Morgan fingerprint density at radius 1 is 1.69 bits per heavy atom. The van der Waals surface area contributed by atoms with E-state index in [0.29, 0.717) is 0 Å². The first-order valence-electron chi connectivity index (χ1n) is 3.60. The molecule has 0 amide bonds. The molecule has 13 heavy (non-hydrogen) atoms. The van der Waals surface area contributed by atoms with E-state index in [4.69, 9.17) is 22.1 Å². The number of hydrogen-bond acceptors (Lipinski definition) is 5.